The predicted octanol–water partition coefficient (Wildman–Crippen LogP) is 5.60. The first-order valence-electron chi connectivity index (χ1n) is 11.5. The van der Waals surface area contributed by atoms with E-state index in [4.69, 9.17) is 16.0 Å². The lowest BCUT2D eigenvalue weighted by Crippen LogP contribution is -2.47. The third kappa shape index (κ3) is 6.47. The van der Waals surface area contributed by atoms with Gasteiger partial charge in [0.05, 0.1) is 19.2 Å². The molecule has 1 aliphatic rings. The third-order valence-electron chi connectivity index (χ3n) is 6.28. The molecule has 168 valence electrons. The average molecular weight is 451 g/mol. The van der Waals surface area contributed by atoms with Crippen molar-refractivity contribution in [3.05, 3.63) is 94.9 Å². The van der Waals surface area contributed by atoms with Gasteiger partial charge in [0.15, 0.2) is 0 Å². The smallest absolute Gasteiger partial charge is 0.227 e. The number of rotatable bonds is 9. The summed E-state index contributed by atoms with van der Waals surface area (Å²) in [7, 11) is 0. The van der Waals surface area contributed by atoms with E-state index in [1.165, 1.54) is 12.0 Å². The Labute approximate surface area is 195 Å². The number of benzene rings is 2. The summed E-state index contributed by atoms with van der Waals surface area (Å²) in [6.07, 6.45) is 6.34. The quantitative estimate of drug-likeness (QED) is 0.425. The standard InChI is InChI=1S/C27H31ClN2O2/c28-24-12-10-23(11-13-24)20-27(31)30(21-26-9-5-19-32-26)25-14-17-29(18-15-25)16-4-8-22-6-2-1-3-7-22/h1-3,5-7,9-13,19,25H,4,8,14-18,20-21H2. The van der Waals surface area contributed by atoms with Gasteiger partial charge in [0, 0.05) is 24.2 Å². The second-order valence-electron chi connectivity index (χ2n) is 8.57. The van der Waals surface area contributed by atoms with E-state index in [9.17, 15) is 4.79 Å². The number of aryl methyl sites for hydroxylation is 1. The molecule has 1 saturated heterocycles. The van der Waals surface area contributed by atoms with E-state index in [0.29, 0.717) is 18.0 Å². The number of furan rings is 1. The average Bonchev–Trinajstić information content (AvgIpc) is 3.34. The number of hydrogen-bond donors (Lipinski definition) is 0. The highest BCUT2D eigenvalue weighted by atomic mass is 35.5. The Bertz CT molecular complexity index is 949. The molecule has 0 radical (unpaired) electrons. The van der Waals surface area contributed by atoms with Crippen LogP contribution in [0.5, 0.6) is 0 Å². The minimum absolute atomic E-state index is 0.145. The fraction of sp³-hybridized carbons (Fsp3) is 0.370. The van der Waals surface area contributed by atoms with E-state index < -0.39 is 0 Å². The van der Waals surface area contributed by atoms with Crippen molar-refractivity contribution < 1.29 is 9.21 Å². The molecule has 1 amide bonds. The molecule has 1 aromatic heterocycles. The summed E-state index contributed by atoms with van der Waals surface area (Å²) < 4.78 is 5.57. The summed E-state index contributed by atoms with van der Waals surface area (Å²) >= 11 is 6.00. The van der Waals surface area contributed by atoms with E-state index in [-0.39, 0.29) is 11.9 Å². The van der Waals surface area contributed by atoms with Gasteiger partial charge in [-0.2, -0.15) is 0 Å². The second-order valence-corrected chi connectivity index (χ2v) is 9.00. The van der Waals surface area contributed by atoms with Crippen LogP contribution in [-0.4, -0.2) is 41.4 Å². The number of likely N-dealkylation sites (tertiary alicyclic amines) is 1. The van der Waals surface area contributed by atoms with Crippen LogP contribution in [0.1, 0.15) is 36.1 Å². The van der Waals surface area contributed by atoms with E-state index >= 15 is 0 Å². The first-order chi connectivity index (χ1) is 15.7. The van der Waals surface area contributed by atoms with Crippen LogP contribution >= 0.6 is 11.6 Å². The zero-order valence-electron chi connectivity index (χ0n) is 18.5. The van der Waals surface area contributed by atoms with Gasteiger partial charge >= 0.3 is 0 Å². The van der Waals surface area contributed by atoms with Crippen LogP contribution < -0.4 is 0 Å². The van der Waals surface area contributed by atoms with Crippen molar-refractivity contribution >= 4 is 17.5 Å². The summed E-state index contributed by atoms with van der Waals surface area (Å²) in [6, 6.07) is 22.3. The molecule has 0 atom stereocenters. The minimum atomic E-state index is 0.145. The van der Waals surface area contributed by atoms with Crippen molar-refractivity contribution in [3.8, 4) is 0 Å². The monoisotopic (exact) mass is 450 g/mol. The number of piperidine rings is 1. The Morgan fingerprint density at radius 3 is 2.41 bits per heavy atom. The van der Waals surface area contributed by atoms with Gasteiger partial charge in [0.25, 0.3) is 0 Å². The van der Waals surface area contributed by atoms with Crippen molar-refractivity contribution in [3.63, 3.8) is 0 Å². The number of hydrogen-bond acceptors (Lipinski definition) is 3. The molecule has 4 rings (SSSR count). The fourth-order valence-corrected chi connectivity index (χ4v) is 4.60. The SMILES string of the molecule is O=C(Cc1ccc(Cl)cc1)N(Cc1ccco1)C1CCN(CCCc2ccccc2)CC1. The lowest BCUT2D eigenvalue weighted by Gasteiger charge is -2.38. The molecule has 0 aliphatic carbocycles. The molecule has 2 heterocycles. The summed E-state index contributed by atoms with van der Waals surface area (Å²) in [4.78, 5) is 17.8. The molecule has 0 bridgehead atoms. The molecule has 32 heavy (non-hydrogen) atoms. The zero-order chi connectivity index (χ0) is 22.2. The lowest BCUT2D eigenvalue weighted by atomic mass is 10.0. The maximum atomic E-state index is 13.3. The number of halogens is 1. The van der Waals surface area contributed by atoms with E-state index in [1.54, 1.807) is 6.26 Å². The molecule has 1 fully saturated rings. The van der Waals surface area contributed by atoms with Gasteiger partial charge < -0.3 is 14.2 Å². The number of nitrogens with zero attached hydrogens (tertiary/aromatic N) is 2. The largest absolute Gasteiger partial charge is 0.467 e. The minimum Gasteiger partial charge on any atom is -0.467 e. The molecule has 0 unspecified atom stereocenters. The summed E-state index contributed by atoms with van der Waals surface area (Å²) in [5.74, 6) is 0.978. The number of amides is 1. The molecule has 1 aliphatic heterocycles. The predicted molar refractivity (Wildman–Crippen MR) is 129 cm³/mol. The van der Waals surface area contributed by atoms with Crippen LogP contribution in [-0.2, 0) is 24.2 Å². The Morgan fingerprint density at radius 2 is 1.72 bits per heavy atom. The summed E-state index contributed by atoms with van der Waals surface area (Å²) in [5.41, 5.74) is 2.39. The van der Waals surface area contributed by atoms with Gasteiger partial charge in [0.1, 0.15) is 5.76 Å². The molecule has 0 saturated carbocycles. The highest BCUT2D eigenvalue weighted by Gasteiger charge is 2.28. The summed E-state index contributed by atoms with van der Waals surface area (Å²) in [5, 5.41) is 0.688. The lowest BCUT2D eigenvalue weighted by molar-refractivity contribution is -0.134. The zero-order valence-corrected chi connectivity index (χ0v) is 19.2. The van der Waals surface area contributed by atoms with Crippen LogP contribution in [0.25, 0.3) is 0 Å². The number of carbonyl (C=O) groups is 1. The van der Waals surface area contributed by atoms with Crippen LogP contribution in [0.2, 0.25) is 5.02 Å². The molecule has 3 aromatic rings. The normalized spacial score (nSPS) is 15.0. The van der Waals surface area contributed by atoms with Crippen LogP contribution in [0.15, 0.2) is 77.4 Å². The molecule has 5 heteroatoms. The Morgan fingerprint density at radius 1 is 0.969 bits per heavy atom. The van der Waals surface area contributed by atoms with Crippen molar-refractivity contribution in [2.75, 3.05) is 19.6 Å². The third-order valence-corrected chi connectivity index (χ3v) is 6.53. The summed E-state index contributed by atoms with van der Waals surface area (Å²) in [6.45, 7) is 3.70. The number of carbonyl (C=O) groups excluding carboxylic acids is 1. The van der Waals surface area contributed by atoms with E-state index in [1.807, 2.05) is 41.3 Å². The van der Waals surface area contributed by atoms with Gasteiger partial charge in [-0.1, -0.05) is 54.1 Å². The maximum Gasteiger partial charge on any atom is 0.227 e. The van der Waals surface area contributed by atoms with Crippen molar-refractivity contribution in [2.45, 2.75) is 44.7 Å². The van der Waals surface area contributed by atoms with Crippen molar-refractivity contribution in [2.24, 2.45) is 0 Å². The van der Waals surface area contributed by atoms with Gasteiger partial charge in [-0.05, 0) is 67.6 Å². The Balaban J connectivity index is 1.32. The molecule has 4 nitrogen and oxygen atoms in total. The first kappa shape index (κ1) is 22.6. The Hall–Kier alpha value is -2.56. The van der Waals surface area contributed by atoms with E-state index in [0.717, 1.165) is 50.2 Å². The highest BCUT2D eigenvalue weighted by molar-refractivity contribution is 6.30. The van der Waals surface area contributed by atoms with E-state index in [2.05, 4.69) is 35.2 Å². The van der Waals surface area contributed by atoms with Gasteiger partial charge in [-0.3, -0.25) is 4.79 Å². The first-order valence-corrected chi connectivity index (χ1v) is 11.9. The highest BCUT2D eigenvalue weighted by Crippen LogP contribution is 2.22. The van der Waals surface area contributed by atoms with Crippen molar-refractivity contribution in [1.82, 2.24) is 9.80 Å². The second kappa shape index (κ2) is 11.3. The van der Waals surface area contributed by atoms with Crippen LogP contribution in [0.4, 0.5) is 0 Å². The van der Waals surface area contributed by atoms with Gasteiger partial charge in [-0.25, -0.2) is 0 Å². The molecular formula is C27H31ClN2O2. The van der Waals surface area contributed by atoms with Crippen molar-refractivity contribution in [1.29, 1.82) is 0 Å². The van der Waals surface area contributed by atoms with Gasteiger partial charge in [0.2, 0.25) is 5.91 Å². The van der Waals surface area contributed by atoms with Crippen LogP contribution in [0, 0.1) is 0 Å². The topological polar surface area (TPSA) is 36.7 Å². The molecular weight excluding hydrogens is 420 g/mol. The maximum absolute atomic E-state index is 13.3. The Kier molecular flexibility index (Phi) is 8.02. The molecule has 0 spiro atoms. The fourth-order valence-electron chi connectivity index (χ4n) is 4.48. The molecule has 2 aromatic carbocycles. The molecule has 0 N–H and O–H groups in total. The van der Waals surface area contributed by atoms with Crippen LogP contribution in [0.3, 0.4) is 0 Å². The van der Waals surface area contributed by atoms with Gasteiger partial charge in [-0.15, -0.1) is 0 Å².